The molecule has 0 aliphatic carbocycles. The predicted octanol–water partition coefficient (Wildman–Crippen LogP) is 2.17. The second kappa shape index (κ2) is 9.47. The molecule has 0 bridgehead atoms. The van der Waals surface area contributed by atoms with Crippen molar-refractivity contribution in [1.82, 2.24) is 24.5 Å². The number of benzene rings is 1. The van der Waals surface area contributed by atoms with Crippen molar-refractivity contribution in [2.45, 2.75) is 26.7 Å². The lowest BCUT2D eigenvalue weighted by Gasteiger charge is -2.37. The Hall–Kier alpha value is -3.63. The number of carbonyl (C=O) groups excluding carboxylic acids is 2. The number of esters is 1. The van der Waals surface area contributed by atoms with Crippen LogP contribution in [0.4, 0.5) is 14.6 Å². The SMILES string of the molecule is CCOC(=O)CCc1c(C)nc2ncnn2c1N1CCN(C(=O)c2ccc(F)c(F)c2)CC1. The molecule has 0 atom stereocenters. The van der Waals surface area contributed by atoms with E-state index in [9.17, 15) is 18.4 Å². The first-order valence-electron chi connectivity index (χ1n) is 10.7. The molecule has 3 aromatic rings. The van der Waals surface area contributed by atoms with Crippen molar-refractivity contribution in [2.75, 3.05) is 37.7 Å². The highest BCUT2D eigenvalue weighted by Crippen LogP contribution is 2.26. The summed E-state index contributed by atoms with van der Waals surface area (Å²) < 4.78 is 33.5. The van der Waals surface area contributed by atoms with E-state index in [-0.39, 0.29) is 23.9 Å². The Bertz CT molecular complexity index is 1190. The average molecular weight is 458 g/mol. The molecule has 1 saturated heterocycles. The third-order valence-electron chi connectivity index (χ3n) is 5.62. The molecule has 1 fully saturated rings. The van der Waals surface area contributed by atoms with Gasteiger partial charge >= 0.3 is 5.97 Å². The number of piperazine rings is 1. The van der Waals surface area contributed by atoms with Crippen LogP contribution in [0.2, 0.25) is 0 Å². The summed E-state index contributed by atoms with van der Waals surface area (Å²) in [6.07, 6.45) is 2.05. The number of halogens is 2. The Balaban J connectivity index is 1.55. The summed E-state index contributed by atoms with van der Waals surface area (Å²) in [4.78, 5) is 37.1. The standard InChI is InChI=1S/C22H24F2N6O3/c1-3-33-19(31)7-5-16-14(2)27-22-25-13-26-30(22)20(16)28-8-10-29(11-9-28)21(32)15-4-6-17(23)18(24)12-15/h4,6,12-13H,3,5,7-11H2,1-2H3. The molecular weight excluding hydrogens is 434 g/mol. The summed E-state index contributed by atoms with van der Waals surface area (Å²) in [6.45, 7) is 5.68. The van der Waals surface area contributed by atoms with E-state index < -0.39 is 11.6 Å². The first kappa shape index (κ1) is 22.6. The first-order chi connectivity index (χ1) is 15.9. The molecule has 4 rings (SSSR count). The minimum absolute atomic E-state index is 0.107. The van der Waals surface area contributed by atoms with Gasteiger partial charge in [-0.2, -0.15) is 14.6 Å². The van der Waals surface area contributed by atoms with E-state index in [4.69, 9.17) is 4.74 Å². The molecule has 33 heavy (non-hydrogen) atoms. The summed E-state index contributed by atoms with van der Waals surface area (Å²) in [6, 6.07) is 3.16. The second-order valence-corrected chi connectivity index (χ2v) is 7.68. The van der Waals surface area contributed by atoms with Crippen LogP contribution in [0.3, 0.4) is 0 Å². The van der Waals surface area contributed by atoms with Crippen LogP contribution in [0, 0.1) is 18.6 Å². The first-order valence-corrected chi connectivity index (χ1v) is 10.7. The van der Waals surface area contributed by atoms with Gasteiger partial charge in [0.05, 0.1) is 6.61 Å². The Morgan fingerprint density at radius 3 is 2.58 bits per heavy atom. The van der Waals surface area contributed by atoms with Crippen LogP contribution in [-0.2, 0) is 16.0 Å². The molecule has 0 spiro atoms. The van der Waals surface area contributed by atoms with E-state index in [1.807, 2.05) is 6.92 Å². The fraction of sp³-hybridized carbons (Fsp3) is 0.409. The summed E-state index contributed by atoms with van der Waals surface area (Å²) in [5.74, 6) is -1.46. The zero-order valence-electron chi connectivity index (χ0n) is 18.4. The zero-order chi connectivity index (χ0) is 23.5. The molecule has 0 saturated carbocycles. The molecule has 1 aliphatic rings. The number of carbonyl (C=O) groups is 2. The summed E-state index contributed by atoms with van der Waals surface area (Å²) >= 11 is 0. The predicted molar refractivity (Wildman–Crippen MR) is 115 cm³/mol. The van der Waals surface area contributed by atoms with E-state index in [2.05, 4.69) is 20.0 Å². The molecule has 174 valence electrons. The highest BCUT2D eigenvalue weighted by Gasteiger charge is 2.27. The van der Waals surface area contributed by atoms with Gasteiger partial charge in [0, 0.05) is 49.4 Å². The van der Waals surface area contributed by atoms with Crippen LogP contribution >= 0.6 is 0 Å². The van der Waals surface area contributed by atoms with Gasteiger partial charge in [-0.05, 0) is 38.5 Å². The van der Waals surface area contributed by atoms with Gasteiger partial charge in [-0.3, -0.25) is 9.59 Å². The number of fused-ring (bicyclic) bond motifs is 1. The molecule has 1 aliphatic heterocycles. The average Bonchev–Trinajstić information content (AvgIpc) is 3.27. The maximum atomic E-state index is 13.6. The van der Waals surface area contributed by atoms with Crippen LogP contribution in [0.15, 0.2) is 24.5 Å². The Labute approximate surface area is 189 Å². The van der Waals surface area contributed by atoms with Crippen molar-refractivity contribution in [2.24, 2.45) is 0 Å². The lowest BCUT2D eigenvalue weighted by Crippen LogP contribution is -2.49. The highest BCUT2D eigenvalue weighted by atomic mass is 19.2. The van der Waals surface area contributed by atoms with E-state index in [0.29, 0.717) is 45.0 Å². The van der Waals surface area contributed by atoms with E-state index in [1.165, 1.54) is 12.4 Å². The molecular formula is C22H24F2N6O3. The quantitative estimate of drug-likeness (QED) is 0.523. The Kier molecular flexibility index (Phi) is 6.47. The normalized spacial score (nSPS) is 14.1. The molecule has 0 N–H and O–H groups in total. The zero-order valence-corrected chi connectivity index (χ0v) is 18.4. The van der Waals surface area contributed by atoms with Gasteiger partial charge in [0.2, 0.25) is 0 Å². The number of aryl methyl sites for hydroxylation is 1. The maximum absolute atomic E-state index is 13.6. The van der Waals surface area contributed by atoms with Crippen molar-refractivity contribution in [3.05, 3.63) is 53.0 Å². The Morgan fingerprint density at radius 1 is 1.12 bits per heavy atom. The van der Waals surface area contributed by atoms with E-state index in [1.54, 1.807) is 16.3 Å². The van der Waals surface area contributed by atoms with Crippen LogP contribution in [-0.4, -0.2) is 69.1 Å². The largest absolute Gasteiger partial charge is 0.466 e. The molecule has 9 nitrogen and oxygen atoms in total. The molecule has 0 unspecified atom stereocenters. The topological polar surface area (TPSA) is 92.9 Å². The molecule has 11 heteroatoms. The van der Waals surface area contributed by atoms with Crippen LogP contribution < -0.4 is 4.90 Å². The van der Waals surface area contributed by atoms with Crippen molar-refractivity contribution < 1.29 is 23.1 Å². The summed E-state index contributed by atoms with van der Waals surface area (Å²) in [7, 11) is 0. The van der Waals surface area contributed by atoms with Gasteiger partial charge in [0.15, 0.2) is 11.6 Å². The number of anilines is 1. The third kappa shape index (κ3) is 4.62. The fourth-order valence-electron chi connectivity index (χ4n) is 3.98. The molecule has 2 aromatic heterocycles. The van der Waals surface area contributed by atoms with Gasteiger partial charge in [-0.25, -0.2) is 13.8 Å². The van der Waals surface area contributed by atoms with Gasteiger partial charge < -0.3 is 14.5 Å². The molecule has 1 amide bonds. The number of hydrogen-bond donors (Lipinski definition) is 0. The van der Waals surface area contributed by atoms with Crippen LogP contribution in [0.1, 0.15) is 35.0 Å². The second-order valence-electron chi connectivity index (χ2n) is 7.68. The highest BCUT2D eigenvalue weighted by molar-refractivity contribution is 5.94. The number of hydrogen-bond acceptors (Lipinski definition) is 7. The maximum Gasteiger partial charge on any atom is 0.306 e. The fourth-order valence-corrected chi connectivity index (χ4v) is 3.98. The van der Waals surface area contributed by atoms with Crippen LogP contribution in [0.25, 0.3) is 5.78 Å². The third-order valence-corrected chi connectivity index (χ3v) is 5.62. The molecule has 0 radical (unpaired) electrons. The minimum Gasteiger partial charge on any atom is -0.466 e. The summed E-state index contributed by atoms with van der Waals surface area (Å²) in [5.41, 5.74) is 1.72. The summed E-state index contributed by atoms with van der Waals surface area (Å²) in [5, 5.41) is 4.31. The number of aromatic nitrogens is 4. The van der Waals surface area contributed by atoms with Gasteiger partial charge in [-0.1, -0.05) is 0 Å². The Morgan fingerprint density at radius 2 is 1.88 bits per heavy atom. The number of rotatable bonds is 6. The van der Waals surface area contributed by atoms with Crippen LogP contribution in [0.5, 0.6) is 0 Å². The monoisotopic (exact) mass is 458 g/mol. The molecule has 3 heterocycles. The van der Waals surface area contributed by atoms with Crippen molar-refractivity contribution in [1.29, 1.82) is 0 Å². The van der Waals surface area contributed by atoms with Crippen molar-refractivity contribution >= 4 is 23.5 Å². The van der Waals surface area contributed by atoms with Gasteiger partial charge in [-0.15, -0.1) is 0 Å². The van der Waals surface area contributed by atoms with E-state index in [0.717, 1.165) is 29.2 Å². The van der Waals surface area contributed by atoms with Crippen molar-refractivity contribution in [3.63, 3.8) is 0 Å². The van der Waals surface area contributed by atoms with Gasteiger partial charge in [0.1, 0.15) is 12.1 Å². The molecule has 1 aromatic carbocycles. The number of amides is 1. The minimum atomic E-state index is -1.05. The van der Waals surface area contributed by atoms with E-state index >= 15 is 0 Å². The smallest absolute Gasteiger partial charge is 0.306 e. The van der Waals surface area contributed by atoms with Crippen molar-refractivity contribution in [3.8, 4) is 0 Å². The lowest BCUT2D eigenvalue weighted by atomic mass is 10.1. The number of ether oxygens (including phenoxy) is 1. The number of nitrogens with zero attached hydrogens (tertiary/aromatic N) is 6. The van der Waals surface area contributed by atoms with Gasteiger partial charge in [0.25, 0.3) is 11.7 Å². The lowest BCUT2D eigenvalue weighted by molar-refractivity contribution is -0.143.